The third kappa shape index (κ3) is 10.7. The van der Waals surface area contributed by atoms with E-state index in [2.05, 4.69) is 41.2 Å². The van der Waals surface area contributed by atoms with Crippen LogP contribution in [0, 0.1) is 18.8 Å². The molecule has 0 radical (unpaired) electrons. The number of nitrogens with zero attached hydrogens (tertiary/aromatic N) is 1. The number of carbonyl (C=O) groups is 1. The minimum absolute atomic E-state index is 0.0329. The topological polar surface area (TPSA) is 257 Å². The average Bonchev–Trinajstić information content (AvgIpc) is 3.58. The highest BCUT2D eigenvalue weighted by Gasteiger charge is 2.55. The molecule has 51 heavy (non-hydrogen) atoms. The molecule has 3 heterocycles. The van der Waals surface area contributed by atoms with Crippen LogP contribution >= 0.6 is 31.1 Å². The van der Waals surface area contributed by atoms with Gasteiger partial charge in [-0.3, -0.25) is 22.8 Å². The predicted octanol–water partition coefficient (Wildman–Crippen LogP) is 1.60. The molecule has 18 nitrogen and oxygen atoms in total. The molecule has 2 fully saturated rings. The molecule has 0 aliphatic carbocycles. The second-order valence-electron chi connectivity index (χ2n) is 11.2. The Bertz CT molecular complexity index is 1930. The number of rotatable bonds is 13. The molecule has 276 valence electrons. The van der Waals surface area contributed by atoms with Crippen molar-refractivity contribution in [1.82, 2.24) is 10.2 Å². The Morgan fingerprint density at radius 1 is 0.863 bits per heavy atom. The molecule has 0 spiro atoms. The molecule has 3 aliphatic heterocycles. The lowest BCUT2D eigenvalue weighted by molar-refractivity contribution is -0.252. The van der Waals surface area contributed by atoms with E-state index < -0.39 is 80.6 Å². The molecule has 3 aliphatic rings. The lowest BCUT2D eigenvalue weighted by Gasteiger charge is -2.37. The normalized spacial score (nSPS) is 27.8. The number of carbonyl (C=O) groups excluding carboxylic acids is 1. The van der Waals surface area contributed by atoms with Gasteiger partial charge in [0.2, 0.25) is 0 Å². The van der Waals surface area contributed by atoms with Crippen LogP contribution in [0.3, 0.4) is 0 Å². The Hall–Kier alpha value is -2.77. The van der Waals surface area contributed by atoms with E-state index in [1.54, 1.807) is 25.1 Å². The van der Waals surface area contributed by atoms with Crippen LogP contribution < -0.4 is 24.9 Å². The predicted molar refractivity (Wildman–Crippen MR) is 168 cm³/mol. The molecule has 2 aromatic carbocycles. The second kappa shape index (κ2) is 15.7. The Balaban J connectivity index is 1.25. The quantitative estimate of drug-likeness (QED) is 0.223. The highest BCUT2D eigenvalue weighted by atomic mass is 31.3. The van der Waals surface area contributed by atoms with Crippen molar-refractivity contribution in [2.45, 2.75) is 57.3 Å². The van der Waals surface area contributed by atoms with Crippen LogP contribution in [0.25, 0.3) is 0 Å². The molecule has 6 unspecified atom stereocenters. The van der Waals surface area contributed by atoms with Gasteiger partial charge in [-0.05, 0) is 31.0 Å². The second-order valence-corrected chi connectivity index (χ2v) is 17.6. The third-order valence-corrected chi connectivity index (χ3v) is 13.4. The number of ether oxygens (including phenoxy) is 3. The van der Waals surface area contributed by atoms with Crippen molar-refractivity contribution in [3.63, 3.8) is 0 Å². The number of fused-ring (bicyclic) bond motifs is 1. The standard InChI is InChI=1S/C29H34N2O16P4/c1-4-25-43-26-24(17-41-49(35,36)46-51(39,40)47-50(37,38)45-48(33,34)18-22-8-6-5-7-9-22)42-29(27(26)44-25)31-16-23(28(32)30-20(31)3)15-14-21-12-10-19(2)11-13-21/h5-13,16,24-27,29H,3-4,17-18H2,1-2H3,(H,30,32)(H,33,34)(H,35,36)(H,37,38)(H,39,40)/p-4/t24-,25?,26?,27+,29-/m1/s1. The van der Waals surface area contributed by atoms with Gasteiger partial charge in [0, 0.05) is 17.9 Å². The highest BCUT2D eigenvalue weighted by molar-refractivity contribution is 7.69. The average molecular weight is 786 g/mol. The summed E-state index contributed by atoms with van der Waals surface area (Å²) in [5, 5.41) is 2.57. The van der Waals surface area contributed by atoms with Gasteiger partial charge < -0.3 is 53.1 Å². The smallest absolute Gasteiger partial charge is 0.280 e. The molecule has 2 aromatic rings. The minimum atomic E-state index is -6.38. The fourth-order valence-electron chi connectivity index (χ4n) is 5.03. The van der Waals surface area contributed by atoms with Crippen LogP contribution in [0.15, 0.2) is 78.8 Å². The van der Waals surface area contributed by atoms with E-state index in [-0.39, 0.29) is 17.0 Å². The molecule has 0 saturated carbocycles. The first-order valence-corrected chi connectivity index (χ1v) is 21.1. The number of hydrogen-bond donors (Lipinski definition) is 1. The lowest BCUT2D eigenvalue weighted by Crippen LogP contribution is -2.47. The van der Waals surface area contributed by atoms with Crippen LogP contribution in [0.4, 0.5) is 0 Å². The van der Waals surface area contributed by atoms with Gasteiger partial charge in [-0.2, -0.15) is 0 Å². The van der Waals surface area contributed by atoms with Gasteiger partial charge in [-0.15, -0.1) is 0 Å². The maximum absolute atomic E-state index is 12.7. The Labute approximate surface area is 292 Å². The molecule has 5 rings (SSSR count). The monoisotopic (exact) mass is 786 g/mol. The SMILES string of the molecule is C=C1NC(=O)C(C#Cc2ccc(C)cc2)=CN1[C@@H]1O[C@H](COP(=O)([O-])OP(=O)([O-])OP(=O)([O-])OP(=O)([O-])Cc2ccccc2)C2OC(CC)O[C@@H]21. The largest absolute Gasteiger partial charge is 0.778 e. The van der Waals surface area contributed by atoms with E-state index in [4.69, 9.17) is 14.2 Å². The number of amides is 1. The summed E-state index contributed by atoms with van der Waals surface area (Å²) in [7, 11) is -23.9. The fraction of sp³-hybridized carbons (Fsp3) is 0.345. The summed E-state index contributed by atoms with van der Waals surface area (Å²) in [6.45, 7) is 6.56. The zero-order valence-electron chi connectivity index (χ0n) is 26.8. The van der Waals surface area contributed by atoms with Crippen LogP contribution in [0.5, 0.6) is 0 Å². The first-order valence-electron chi connectivity index (χ1n) is 15.0. The summed E-state index contributed by atoms with van der Waals surface area (Å²) in [5.41, 5.74) is 1.81. The number of hydrogen-bond acceptors (Lipinski definition) is 17. The molecule has 9 atom stereocenters. The van der Waals surface area contributed by atoms with Crippen LogP contribution in [0.1, 0.15) is 30.0 Å². The van der Waals surface area contributed by atoms with Gasteiger partial charge in [-0.25, -0.2) is 8.62 Å². The lowest BCUT2D eigenvalue weighted by atomic mass is 10.1. The maximum atomic E-state index is 12.7. The van der Waals surface area contributed by atoms with E-state index in [1.807, 2.05) is 19.1 Å². The highest BCUT2D eigenvalue weighted by Crippen LogP contribution is 2.67. The van der Waals surface area contributed by atoms with Crippen molar-refractivity contribution >= 4 is 37.0 Å². The van der Waals surface area contributed by atoms with Crippen LogP contribution in [-0.2, 0) is 60.9 Å². The van der Waals surface area contributed by atoms with Crippen molar-refractivity contribution in [3.05, 3.63) is 95.5 Å². The minimum Gasteiger partial charge on any atom is -0.778 e. The molecule has 0 bridgehead atoms. The van der Waals surface area contributed by atoms with Gasteiger partial charge in [0.25, 0.3) is 29.4 Å². The molecule has 0 aromatic heterocycles. The van der Waals surface area contributed by atoms with Crippen molar-refractivity contribution in [3.8, 4) is 11.8 Å². The molecule has 22 heteroatoms. The summed E-state index contributed by atoms with van der Waals surface area (Å²) in [6, 6.07) is 14.4. The van der Waals surface area contributed by atoms with Gasteiger partial charge in [0.15, 0.2) is 12.5 Å². The molecule has 1 amide bonds. The molecule has 1 N–H and O–H groups in total. The van der Waals surface area contributed by atoms with E-state index in [0.717, 1.165) is 5.56 Å². The summed E-state index contributed by atoms with van der Waals surface area (Å²) >= 11 is 0. The summed E-state index contributed by atoms with van der Waals surface area (Å²) in [5.74, 6) is 5.21. The third-order valence-electron chi connectivity index (χ3n) is 7.23. The van der Waals surface area contributed by atoms with Gasteiger partial charge in [0.1, 0.15) is 37.3 Å². The van der Waals surface area contributed by atoms with Crippen LogP contribution in [-0.4, -0.2) is 48.2 Å². The number of nitrogens with one attached hydrogen (secondary N) is 1. The number of phosphoric acid groups is 3. The summed E-state index contributed by atoms with van der Waals surface area (Å²) in [6.07, 6.45) is -4.26. The van der Waals surface area contributed by atoms with E-state index in [1.165, 1.54) is 35.4 Å². The fourth-order valence-corrected chi connectivity index (χ4v) is 10.4. The maximum Gasteiger partial charge on any atom is 0.280 e. The first-order chi connectivity index (χ1) is 23.8. The summed E-state index contributed by atoms with van der Waals surface area (Å²) in [4.78, 5) is 63.1. The van der Waals surface area contributed by atoms with Crippen molar-refractivity contribution in [2.24, 2.45) is 0 Å². The van der Waals surface area contributed by atoms with E-state index >= 15 is 0 Å². The Kier molecular flexibility index (Phi) is 12.1. The van der Waals surface area contributed by atoms with E-state index in [9.17, 15) is 42.6 Å². The number of benzene rings is 2. The van der Waals surface area contributed by atoms with Crippen molar-refractivity contribution in [1.29, 1.82) is 0 Å². The number of aryl methyl sites for hydroxylation is 1. The van der Waals surface area contributed by atoms with Gasteiger partial charge in [0.05, 0.1) is 6.61 Å². The molecular formula is C29H30N2O16P4-4. The zero-order chi connectivity index (χ0) is 37.2. The molecular weight excluding hydrogens is 756 g/mol. The molecule has 2 saturated heterocycles. The van der Waals surface area contributed by atoms with E-state index in [0.29, 0.717) is 12.0 Å². The van der Waals surface area contributed by atoms with Crippen molar-refractivity contribution in [2.75, 3.05) is 6.61 Å². The zero-order valence-corrected chi connectivity index (χ0v) is 30.3. The first kappa shape index (κ1) is 39.4. The Morgan fingerprint density at radius 2 is 1.49 bits per heavy atom. The Morgan fingerprint density at radius 3 is 2.16 bits per heavy atom. The van der Waals surface area contributed by atoms with Gasteiger partial charge >= 0.3 is 0 Å². The summed E-state index contributed by atoms with van der Waals surface area (Å²) < 4.78 is 82.9. The van der Waals surface area contributed by atoms with Crippen molar-refractivity contribution < 1.29 is 74.3 Å². The van der Waals surface area contributed by atoms with Crippen LogP contribution in [0.2, 0.25) is 0 Å². The number of phosphoric ester groups is 1. The van der Waals surface area contributed by atoms with Gasteiger partial charge in [-0.1, -0.05) is 73.4 Å².